The van der Waals surface area contributed by atoms with E-state index >= 15 is 0 Å². The molecule has 2 saturated heterocycles. The summed E-state index contributed by atoms with van der Waals surface area (Å²) in [4.78, 5) is 5.06. The summed E-state index contributed by atoms with van der Waals surface area (Å²) >= 11 is 0. The third kappa shape index (κ3) is 5.45. The highest BCUT2D eigenvalue weighted by Crippen LogP contribution is 2.27. The second kappa shape index (κ2) is 10.5. The molecule has 3 N–H and O–H groups in total. The van der Waals surface area contributed by atoms with Crippen molar-refractivity contribution >= 4 is 0 Å². The zero-order chi connectivity index (χ0) is 20.8. The maximum Gasteiger partial charge on any atom is 0.123 e. The number of hydrogen-bond donors (Lipinski definition) is 3. The topological polar surface area (TPSA) is 50.8 Å². The van der Waals surface area contributed by atoms with E-state index in [1.165, 1.54) is 11.6 Å². The van der Waals surface area contributed by atoms with E-state index in [-0.39, 0.29) is 18.5 Å². The summed E-state index contributed by atoms with van der Waals surface area (Å²) in [6, 6.07) is 18.0. The molecule has 0 amide bonds. The van der Waals surface area contributed by atoms with Gasteiger partial charge in [0.25, 0.3) is 0 Å². The van der Waals surface area contributed by atoms with E-state index in [1.807, 2.05) is 6.07 Å². The minimum Gasteiger partial charge on any atom is -0.396 e. The molecule has 162 valence electrons. The van der Waals surface area contributed by atoms with Gasteiger partial charge < -0.3 is 10.0 Å². The first-order valence-corrected chi connectivity index (χ1v) is 11.1. The zero-order valence-electron chi connectivity index (χ0n) is 17.5. The average Bonchev–Trinajstić information content (AvgIpc) is 3.22. The number of nitrogens with zero attached hydrogens (tertiary/aromatic N) is 2. The molecule has 0 aromatic heterocycles. The lowest BCUT2D eigenvalue weighted by Crippen LogP contribution is -2.55. The summed E-state index contributed by atoms with van der Waals surface area (Å²) in [5.41, 5.74) is 8.96. The number of aliphatic hydroxyl groups excluding tert-OH is 1. The molecular weight excluding hydrogens is 379 g/mol. The number of rotatable bonds is 8. The molecule has 0 radical (unpaired) electrons. The first-order valence-electron chi connectivity index (χ1n) is 11.1. The summed E-state index contributed by atoms with van der Waals surface area (Å²) in [5, 5.41) is 9.61. The lowest BCUT2D eigenvalue weighted by molar-refractivity contribution is 0.0516. The number of aliphatic hydroxyl groups is 1. The van der Waals surface area contributed by atoms with Crippen molar-refractivity contribution in [2.45, 2.75) is 24.9 Å². The van der Waals surface area contributed by atoms with Crippen molar-refractivity contribution < 1.29 is 9.50 Å². The van der Waals surface area contributed by atoms with Crippen molar-refractivity contribution in [2.24, 2.45) is 5.92 Å². The Kier molecular flexibility index (Phi) is 7.47. The Morgan fingerprint density at radius 3 is 2.73 bits per heavy atom. The quantitative estimate of drug-likeness (QED) is 0.621. The second-order valence-electron chi connectivity index (χ2n) is 8.52. The molecule has 2 fully saturated rings. The van der Waals surface area contributed by atoms with E-state index in [2.05, 4.69) is 51.0 Å². The van der Waals surface area contributed by atoms with E-state index in [9.17, 15) is 9.50 Å². The SMILES string of the molecule is OCCC1CN(CC2CNNC2c2cccc(F)c2)CCN1CCc1ccccc1. The highest BCUT2D eigenvalue weighted by Gasteiger charge is 2.33. The standard InChI is InChI=1S/C24H33FN4O/c25-22-8-4-7-20(15-22)24-21(16-26-27-24)17-28-12-13-29(23(18-28)10-14-30)11-9-19-5-2-1-3-6-19/h1-8,15,21,23-24,26-27,30H,9-14,16-18H2. The monoisotopic (exact) mass is 412 g/mol. The van der Waals surface area contributed by atoms with Gasteiger partial charge in [0.15, 0.2) is 0 Å². The summed E-state index contributed by atoms with van der Waals surface area (Å²) in [7, 11) is 0. The largest absolute Gasteiger partial charge is 0.396 e. The number of piperazine rings is 1. The molecule has 2 aliphatic rings. The van der Waals surface area contributed by atoms with Crippen molar-refractivity contribution in [1.29, 1.82) is 0 Å². The minimum absolute atomic E-state index is 0.119. The van der Waals surface area contributed by atoms with Gasteiger partial charge in [0.1, 0.15) is 5.82 Å². The number of hydrogen-bond acceptors (Lipinski definition) is 5. The van der Waals surface area contributed by atoms with Gasteiger partial charge >= 0.3 is 0 Å². The number of halogens is 1. The first-order chi connectivity index (χ1) is 14.7. The smallest absolute Gasteiger partial charge is 0.123 e. The van der Waals surface area contributed by atoms with Gasteiger partial charge in [-0.3, -0.25) is 10.3 Å². The van der Waals surface area contributed by atoms with E-state index in [0.29, 0.717) is 12.0 Å². The van der Waals surface area contributed by atoms with Crippen molar-refractivity contribution in [3.63, 3.8) is 0 Å². The summed E-state index contributed by atoms with van der Waals surface area (Å²) < 4.78 is 13.7. The van der Waals surface area contributed by atoms with Crippen molar-refractivity contribution in [1.82, 2.24) is 20.7 Å². The molecule has 2 aromatic rings. The summed E-state index contributed by atoms with van der Waals surface area (Å²) in [6.45, 7) is 6.12. The molecule has 0 aliphatic carbocycles. The Hall–Kier alpha value is -1.83. The Labute approximate surface area is 178 Å². The highest BCUT2D eigenvalue weighted by atomic mass is 19.1. The van der Waals surface area contributed by atoms with Crippen LogP contribution in [0.1, 0.15) is 23.6 Å². The Morgan fingerprint density at radius 1 is 1.07 bits per heavy atom. The van der Waals surface area contributed by atoms with Gasteiger partial charge in [0.2, 0.25) is 0 Å². The summed E-state index contributed by atoms with van der Waals surface area (Å²) in [5.74, 6) is 0.201. The number of benzene rings is 2. The van der Waals surface area contributed by atoms with Crippen LogP contribution in [0.25, 0.3) is 0 Å². The van der Waals surface area contributed by atoms with Crippen LogP contribution in [0.4, 0.5) is 4.39 Å². The normalized spacial score (nSPS) is 25.6. The van der Waals surface area contributed by atoms with Gasteiger partial charge in [-0.1, -0.05) is 42.5 Å². The molecule has 2 heterocycles. The van der Waals surface area contributed by atoms with Crippen molar-refractivity contribution in [3.05, 3.63) is 71.5 Å². The van der Waals surface area contributed by atoms with Crippen LogP contribution in [0.3, 0.4) is 0 Å². The van der Waals surface area contributed by atoms with Gasteiger partial charge in [-0.25, -0.2) is 9.82 Å². The van der Waals surface area contributed by atoms with Crippen molar-refractivity contribution in [2.75, 3.05) is 45.9 Å². The molecular formula is C24H33FN4O. The predicted octanol–water partition coefficient (Wildman–Crippen LogP) is 2.20. The van der Waals surface area contributed by atoms with Crippen molar-refractivity contribution in [3.8, 4) is 0 Å². The summed E-state index contributed by atoms with van der Waals surface area (Å²) in [6.07, 6.45) is 1.85. The van der Waals surface area contributed by atoms with E-state index in [1.54, 1.807) is 12.1 Å². The van der Waals surface area contributed by atoms with Gasteiger partial charge in [-0.2, -0.15) is 0 Å². The van der Waals surface area contributed by atoms with Crippen LogP contribution in [-0.4, -0.2) is 66.8 Å². The molecule has 0 saturated carbocycles. The van der Waals surface area contributed by atoms with Crippen LogP contribution in [0, 0.1) is 11.7 Å². The van der Waals surface area contributed by atoms with Crippen LogP contribution in [0.5, 0.6) is 0 Å². The van der Waals surface area contributed by atoms with E-state index in [4.69, 9.17) is 0 Å². The average molecular weight is 413 g/mol. The maximum absolute atomic E-state index is 13.7. The van der Waals surface area contributed by atoms with Crippen LogP contribution in [0.15, 0.2) is 54.6 Å². The Balaban J connectivity index is 1.34. The number of hydrazine groups is 1. The van der Waals surface area contributed by atoms with Gasteiger partial charge in [-0.15, -0.1) is 0 Å². The predicted molar refractivity (Wildman–Crippen MR) is 117 cm³/mol. The van der Waals surface area contributed by atoms with Crippen LogP contribution in [0.2, 0.25) is 0 Å². The maximum atomic E-state index is 13.7. The van der Waals surface area contributed by atoms with Crippen LogP contribution >= 0.6 is 0 Å². The minimum atomic E-state index is -0.185. The molecule has 3 unspecified atom stereocenters. The first kappa shape index (κ1) is 21.4. The highest BCUT2D eigenvalue weighted by molar-refractivity contribution is 5.22. The Bertz CT molecular complexity index is 790. The molecule has 0 bridgehead atoms. The lowest BCUT2D eigenvalue weighted by Gasteiger charge is -2.42. The lowest BCUT2D eigenvalue weighted by atomic mass is 9.93. The fourth-order valence-corrected chi connectivity index (χ4v) is 4.85. The fourth-order valence-electron chi connectivity index (χ4n) is 4.85. The van der Waals surface area contributed by atoms with Crippen LogP contribution in [-0.2, 0) is 6.42 Å². The van der Waals surface area contributed by atoms with E-state index < -0.39 is 0 Å². The van der Waals surface area contributed by atoms with Gasteiger partial charge in [0, 0.05) is 57.8 Å². The molecule has 6 heteroatoms. The zero-order valence-corrected chi connectivity index (χ0v) is 17.5. The molecule has 5 nitrogen and oxygen atoms in total. The molecule has 4 rings (SSSR count). The second-order valence-corrected chi connectivity index (χ2v) is 8.52. The Morgan fingerprint density at radius 2 is 1.93 bits per heavy atom. The van der Waals surface area contributed by atoms with E-state index in [0.717, 1.165) is 57.7 Å². The molecule has 3 atom stereocenters. The third-order valence-corrected chi connectivity index (χ3v) is 6.48. The van der Waals surface area contributed by atoms with Crippen LogP contribution < -0.4 is 10.9 Å². The third-order valence-electron chi connectivity index (χ3n) is 6.48. The fraction of sp³-hybridized carbons (Fsp3) is 0.500. The van der Waals surface area contributed by atoms with Gasteiger partial charge in [0.05, 0.1) is 6.04 Å². The molecule has 2 aliphatic heterocycles. The van der Waals surface area contributed by atoms with Gasteiger partial charge in [-0.05, 0) is 36.1 Å². The molecule has 0 spiro atoms. The number of nitrogens with one attached hydrogen (secondary N) is 2. The molecule has 2 aromatic carbocycles. The molecule has 30 heavy (non-hydrogen) atoms.